The number of rotatable bonds is 6. The zero-order valence-electron chi connectivity index (χ0n) is 17.7. The fraction of sp³-hybridized carbons (Fsp3) is 0.500. The molecule has 8 nitrogen and oxygen atoms in total. The lowest BCUT2D eigenvalue weighted by atomic mass is 10.0. The summed E-state index contributed by atoms with van der Waals surface area (Å²) in [6, 6.07) is 3.89. The van der Waals surface area contributed by atoms with E-state index in [1.807, 2.05) is 13.8 Å². The van der Waals surface area contributed by atoms with Crippen LogP contribution in [0, 0.1) is 5.92 Å². The summed E-state index contributed by atoms with van der Waals surface area (Å²) in [5.41, 5.74) is 0.0543. The quantitative estimate of drug-likeness (QED) is 0.407. The first kappa shape index (κ1) is 24.4. The monoisotopic (exact) mass is 424 g/mol. The molecule has 1 aromatic rings. The number of esters is 2. The zero-order valence-corrected chi connectivity index (χ0v) is 18.6. The van der Waals surface area contributed by atoms with Gasteiger partial charge in [0.05, 0.1) is 12.7 Å². The number of ether oxygens (including phenoxy) is 3. The number of carbonyl (C=O) groups is 3. The fourth-order valence-corrected chi connectivity index (χ4v) is 2.58. The molecule has 1 aromatic carbocycles. The van der Waals surface area contributed by atoms with E-state index in [9.17, 15) is 14.4 Å². The second-order valence-corrected chi connectivity index (χ2v) is 8.06. The van der Waals surface area contributed by atoms with Crippen LogP contribution in [0.25, 0.3) is 0 Å². The summed E-state index contributed by atoms with van der Waals surface area (Å²) in [6.45, 7) is 10.2. The first-order valence-corrected chi connectivity index (χ1v) is 9.46. The van der Waals surface area contributed by atoms with Gasteiger partial charge in [0.25, 0.3) is 0 Å². The van der Waals surface area contributed by atoms with Gasteiger partial charge in [0.2, 0.25) is 0 Å². The van der Waals surface area contributed by atoms with Crippen molar-refractivity contribution >= 4 is 40.9 Å². The van der Waals surface area contributed by atoms with Crippen molar-refractivity contribution < 1.29 is 28.6 Å². The summed E-state index contributed by atoms with van der Waals surface area (Å²) in [6.07, 6.45) is -0.641. The molecule has 0 heterocycles. The molecule has 29 heavy (non-hydrogen) atoms. The second-order valence-electron chi connectivity index (χ2n) is 7.65. The van der Waals surface area contributed by atoms with Gasteiger partial charge in [-0.15, -0.1) is 0 Å². The van der Waals surface area contributed by atoms with Crippen LogP contribution in [0.5, 0.6) is 5.75 Å². The predicted molar refractivity (Wildman–Crippen MR) is 113 cm³/mol. The van der Waals surface area contributed by atoms with Crippen LogP contribution in [0.3, 0.4) is 0 Å². The summed E-state index contributed by atoms with van der Waals surface area (Å²) in [5, 5.41) is 5.54. The molecule has 0 spiro atoms. The zero-order chi connectivity index (χ0) is 22.4. The minimum atomic E-state index is -0.694. The van der Waals surface area contributed by atoms with Crippen molar-refractivity contribution in [1.29, 1.82) is 0 Å². The van der Waals surface area contributed by atoms with Crippen LogP contribution in [-0.4, -0.2) is 41.8 Å². The molecule has 0 saturated heterocycles. The van der Waals surface area contributed by atoms with Crippen LogP contribution < -0.4 is 15.4 Å². The van der Waals surface area contributed by atoms with Crippen LogP contribution >= 0.6 is 12.2 Å². The molecule has 1 amide bonds. The molecule has 0 saturated carbocycles. The molecule has 9 heteroatoms. The highest BCUT2D eigenvalue weighted by Crippen LogP contribution is 2.25. The minimum Gasteiger partial charge on any atom is -0.467 e. The van der Waals surface area contributed by atoms with Gasteiger partial charge in [0, 0.05) is 12.6 Å². The predicted octanol–water partition coefficient (Wildman–Crippen LogP) is 3.42. The van der Waals surface area contributed by atoms with E-state index < -0.39 is 29.7 Å². The molecule has 2 N–H and O–H groups in total. The maximum Gasteiger partial charge on any atom is 0.412 e. The first-order chi connectivity index (χ1) is 13.3. The Bertz CT molecular complexity index is 786. The van der Waals surface area contributed by atoms with Gasteiger partial charge in [-0.3, -0.25) is 10.1 Å². The van der Waals surface area contributed by atoms with E-state index in [-0.39, 0.29) is 16.7 Å². The topological polar surface area (TPSA) is 103 Å². The number of hydrogen-bond donors (Lipinski definition) is 2. The van der Waals surface area contributed by atoms with E-state index in [2.05, 4.69) is 10.6 Å². The van der Waals surface area contributed by atoms with E-state index in [1.54, 1.807) is 26.8 Å². The van der Waals surface area contributed by atoms with E-state index in [4.69, 9.17) is 26.4 Å². The van der Waals surface area contributed by atoms with Crippen LogP contribution in [0.2, 0.25) is 0 Å². The number of anilines is 1. The second kappa shape index (κ2) is 10.2. The van der Waals surface area contributed by atoms with Crippen molar-refractivity contribution in [2.75, 3.05) is 12.4 Å². The molecular formula is C20H28N2O6S. The van der Waals surface area contributed by atoms with Gasteiger partial charge < -0.3 is 19.5 Å². The van der Waals surface area contributed by atoms with Crippen molar-refractivity contribution in [3.8, 4) is 5.75 Å². The van der Waals surface area contributed by atoms with Gasteiger partial charge in [-0.25, -0.2) is 9.59 Å². The standard InChI is InChI=1S/C20H28N2O6S/c1-11(2)16(18(24)26-7)22-17(29)14-10-13(8-9-15(14)27-12(3)23)21-19(25)28-20(4,5)6/h8-11,16H,1-7H3,(H,21,25)(H,22,29)/t16-/m0/s1. The fourth-order valence-electron chi connectivity index (χ4n) is 2.29. The summed E-state index contributed by atoms with van der Waals surface area (Å²) in [4.78, 5) is 35.7. The van der Waals surface area contributed by atoms with E-state index >= 15 is 0 Å². The van der Waals surface area contributed by atoms with Gasteiger partial charge in [-0.05, 0) is 44.9 Å². The van der Waals surface area contributed by atoms with Gasteiger partial charge in [0.15, 0.2) is 0 Å². The largest absolute Gasteiger partial charge is 0.467 e. The average molecular weight is 425 g/mol. The Balaban J connectivity index is 3.19. The summed E-state index contributed by atoms with van der Waals surface area (Å²) >= 11 is 5.43. The molecular weight excluding hydrogens is 396 g/mol. The number of thiocarbonyl (C=S) groups is 1. The van der Waals surface area contributed by atoms with E-state index in [0.29, 0.717) is 11.3 Å². The number of methoxy groups -OCH3 is 1. The maximum absolute atomic E-state index is 12.0. The highest BCUT2D eigenvalue weighted by atomic mass is 32.1. The van der Waals surface area contributed by atoms with Crippen molar-refractivity contribution in [2.45, 2.75) is 53.2 Å². The first-order valence-electron chi connectivity index (χ1n) is 9.05. The third kappa shape index (κ3) is 8.06. The van der Waals surface area contributed by atoms with Gasteiger partial charge in [0.1, 0.15) is 22.4 Å². The lowest BCUT2D eigenvalue weighted by Crippen LogP contribution is -2.44. The normalized spacial score (nSPS) is 12.0. The molecule has 0 radical (unpaired) electrons. The summed E-state index contributed by atoms with van der Waals surface area (Å²) < 4.78 is 15.3. The number of benzene rings is 1. The Labute approximate surface area is 176 Å². The third-order valence-corrected chi connectivity index (χ3v) is 3.87. The van der Waals surface area contributed by atoms with Gasteiger partial charge >= 0.3 is 18.0 Å². The molecule has 0 aliphatic rings. The van der Waals surface area contributed by atoms with E-state index in [0.717, 1.165) is 0 Å². The number of amides is 1. The SMILES string of the molecule is COC(=O)[C@@H](NC(=S)c1cc(NC(=O)OC(C)(C)C)ccc1OC(C)=O)C(C)C. The Hall–Kier alpha value is -2.68. The molecule has 0 aliphatic heterocycles. The highest BCUT2D eigenvalue weighted by Gasteiger charge is 2.25. The van der Waals surface area contributed by atoms with Gasteiger partial charge in [-0.2, -0.15) is 0 Å². The lowest BCUT2D eigenvalue weighted by Gasteiger charge is -2.23. The van der Waals surface area contributed by atoms with E-state index in [1.165, 1.54) is 26.2 Å². The smallest absolute Gasteiger partial charge is 0.412 e. The molecule has 0 aromatic heterocycles. The van der Waals surface area contributed by atoms with Crippen LogP contribution in [0.15, 0.2) is 18.2 Å². The number of nitrogens with one attached hydrogen (secondary N) is 2. The third-order valence-electron chi connectivity index (χ3n) is 3.53. The van der Waals surface area contributed by atoms with Crippen molar-refractivity contribution in [3.05, 3.63) is 23.8 Å². The summed E-state index contributed by atoms with van der Waals surface area (Å²) in [7, 11) is 1.29. The molecule has 160 valence electrons. The minimum absolute atomic E-state index is 0.111. The van der Waals surface area contributed by atoms with Gasteiger partial charge in [-0.1, -0.05) is 26.1 Å². The maximum atomic E-state index is 12.0. The molecule has 1 atom stereocenters. The molecule has 0 fully saturated rings. The molecule has 0 aliphatic carbocycles. The highest BCUT2D eigenvalue weighted by molar-refractivity contribution is 7.80. The average Bonchev–Trinajstić information content (AvgIpc) is 2.57. The number of hydrogen-bond acceptors (Lipinski definition) is 7. The molecule has 0 unspecified atom stereocenters. The van der Waals surface area contributed by atoms with Crippen molar-refractivity contribution in [3.63, 3.8) is 0 Å². The molecule has 0 bridgehead atoms. The Morgan fingerprint density at radius 2 is 1.76 bits per heavy atom. The Kier molecular flexibility index (Phi) is 8.57. The Morgan fingerprint density at radius 3 is 2.24 bits per heavy atom. The molecule has 1 rings (SSSR count). The van der Waals surface area contributed by atoms with Crippen molar-refractivity contribution in [1.82, 2.24) is 5.32 Å². The summed E-state index contributed by atoms with van der Waals surface area (Å²) in [5.74, 6) is -0.924. The van der Waals surface area contributed by atoms with Crippen LogP contribution in [0.4, 0.5) is 10.5 Å². The lowest BCUT2D eigenvalue weighted by molar-refractivity contribution is -0.143. The van der Waals surface area contributed by atoms with Crippen molar-refractivity contribution in [2.24, 2.45) is 5.92 Å². The number of carbonyl (C=O) groups excluding carboxylic acids is 3. The Morgan fingerprint density at radius 1 is 1.14 bits per heavy atom. The van der Waals surface area contributed by atoms with Crippen LogP contribution in [0.1, 0.15) is 47.1 Å². The van der Waals surface area contributed by atoms with Crippen LogP contribution in [-0.2, 0) is 19.1 Å².